The summed E-state index contributed by atoms with van der Waals surface area (Å²) in [5.74, 6) is 0.934. The second-order valence-corrected chi connectivity index (χ2v) is 8.49. The Morgan fingerprint density at radius 2 is 2.00 bits per heavy atom. The summed E-state index contributed by atoms with van der Waals surface area (Å²) in [4.78, 5) is 21.6. The van der Waals surface area contributed by atoms with Crippen LogP contribution in [0.25, 0.3) is 0 Å². The fourth-order valence-electron chi connectivity index (χ4n) is 3.69. The highest BCUT2D eigenvalue weighted by atomic mass is 16.3. The Morgan fingerprint density at radius 3 is 2.56 bits per heavy atom. The highest BCUT2D eigenvalue weighted by molar-refractivity contribution is 5.94. The molecule has 27 heavy (non-hydrogen) atoms. The normalized spacial score (nSPS) is 21.2. The monoisotopic (exact) mass is 373 g/mol. The minimum atomic E-state index is -0.637. The van der Waals surface area contributed by atoms with Crippen LogP contribution in [-0.4, -0.2) is 33.4 Å². The fraction of sp³-hybridized carbons (Fsp3) is 0.682. The molecule has 2 N–H and O–H groups in total. The van der Waals surface area contributed by atoms with Crippen LogP contribution in [-0.2, 0) is 0 Å². The van der Waals surface area contributed by atoms with Crippen molar-refractivity contribution in [3.8, 4) is 0 Å². The van der Waals surface area contributed by atoms with E-state index in [2.05, 4.69) is 22.2 Å². The van der Waals surface area contributed by atoms with Crippen molar-refractivity contribution in [3.05, 3.63) is 23.4 Å². The summed E-state index contributed by atoms with van der Waals surface area (Å²) in [5, 5.41) is 13.3. The number of aryl methyl sites for hydroxylation is 1. The molecule has 1 aliphatic carbocycles. The van der Waals surface area contributed by atoms with Gasteiger partial charge in [-0.3, -0.25) is 4.79 Å². The number of nitrogens with one attached hydrogen (secondary N) is 1. The number of unbranched alkanes of at least 4 members (excludes halogenated alkanes) is 1. The van der Waals surface area contributed by atoms with Gasteiger partial charge < -0.3 is 10.4 Å². The van der Waals surface area contributed by atoms with Crippen LogP contribution < -0.4 is 5.32 Å². The second-order valence-electron chi connectivity index (χ2n) is 8.49. The number of aromatic nitrogens is 1. The highest BCUT2D eigenvalue weighted by Gasteiger charge is 2.31. The fourth-order valence-corrected chi connectivity index (χ4v) is 3.69. The molecular formula is C22H35N3O2. The highest BCUT2D eigenvalue weighted by Crippen LogP contribution is 2.32. The Bertz CT molecular complexity index is 669. The SMILES string of the molecule is CCCC/C(C)=N\c1ncc(C(=O)NC2CCC(C(C)(C)O)CC2)cc1C. The standard InChI is InChI=1S/C22H35N3O2/c1-6-7-8-16(3)24-20-15(2)13-17(14-23-20)21(26)25-19-11-9-18(10-12-19)22(4,5)27/h13-14,18-19,27H,6-12H2,1-5H3,(H,25,26)/b24-16-. The molecule has 0 saturated heterocycles. The minimum absolute atomic E-state index is 0.0736. The summed E-state index contributed by atoms with van der Waals surface area (Å²) >= 11 is 0. The summed E-state index contributed by atoms with van der Waals surface area (Å²) in [6, 6.07) is 2.04. The maximum atomic E-state index is 12.6. The van der Waals surface area contributed by atoms with Crippen molar-refractivity contribution in [2.75, 3.05) is 0 Å². The van der Waals surface area contributed by atoms with E-state index in [0.29, 0.717) is 17.3 Å². The number of aliphatic imine (C=N–C) groups is 1. The Morgan fingerprint density at radius 1 is 1.33 bits per heavy atom. The van der Waals surface area contributed by atoms with Gasteiger partial charge >= 0.3 is 0 Å². The average molecular weight is 374 g/mol. The third-order valence-corrected chi connectivity index (χ3v) is 5.56. The zero-order valence-electron chi connectivity index (χ0n) is 17.5. The van der Waals surface area contributed by atoms with Crippen molar-refractivity contribution >= 4 is 17.4 Å². The lowest BCUT2D eigenvalue weighted by Crippen LogP contribution is -2.41. The molecule has 0 bridgehead atoms. The molecule has 150 valence electrons. The van der Waals surface area contributed by atoms with E-state index in [0.717, 1.165) is 56.2 Å². The Hall–Kier alpha value is -1.75. The first kappa shape index (κ1) is 21.5. The first-order valence-corrected chi connectivity index (χ1v) is 10.2. The molecule has 0 aliphatic heterocycles. The summed E-state index contributed by atoms with van der Waals surface area (Å²) in [6.07, 6.45) is 8.58. The minimum Gasteiger partial charge on any atom is -0.390 e. The van der Waals surface area contributed by atoms with Crippen molar-refractivity contribution in [2.24, 2.45) is 10.9 Å². The van der Waals surface area contributed by atoms with E-state index in [4.69, 9.17) is 0 Å². The van der Waals surface area contributed by atoms with Gasteiger partial charge in [-0.1, -0.05) is 13.3 Å². The molecule has 1 saturated carbocycles. The number of carbonyl (C=O) groups is 1. The molecule has 0 spiro atoms. The quantitative estimate of drug-likeness (QED) is 0.678. The molecule has 1 fully saturated rings. The summed E-state index contributed by atoms with van der Waals surface area (Å²) in [7, 11) is 0. The molecule has 0 aromatic carbocycles. The number of amides is 1. The van der Waals surface area contributed by atoms with Crippen LogP contribution in [0.3, 0.4) is 0 Å². The zero-order chi connectivity index (χ0) is 20.0. The Labute approximate surface area is 163 Å². The van der Waals surface area contributed by atoms with Crippen LogP contribution in [0.15, 0.2) is 17.3 Å². The van der Waals surface area contributed by atoms with Gasteiger partial charge in [-0.05, 0) is 83.8 Å². The molecule has 0 radical (unpaired) electrons. The van der Waals surface area contributed by atoms with Crippen LogP contribution in [0.1, 0.15) is 88.6 Å². The lowest BCUT2D eigenvalue weighted by Gasteiger charge is -2.36. The van der Waals surface area contributed by atoms with E-state index < -0.39 is 5.60 Å². The molecule has 2 rings (SSSR count). The van der Waals surface area contributed by atoms with Crippen LogP contribution >= 0.6 is 0 Å². The molecule has 1 aliphatic rings. The van der Waals surface area contributed by atoms with Crippen molar-refractivity contribution < 1.29 is 9.90 Å². The van der Waals surface area contributed by atoms with Gasteiger partial charge in [0.2, 0.25) is 0 Å². The van der Waals surface area contributed by atoms with Crippen LogP contribution in [0.5, 0.6) is 0 Å². The van der Waals surface area contributed by atoms with Crippen molar-refractivity contribution in [2.45, 2.75) is 91.2 Å². The Balaban J connectivity index is 1.95. The van der Waals surface area contributed by atoms with Crippen molar-refractivity contribution in [1.82, 2.24) is 10.3 Å². The summed E-state index contributed by atoms with van der Waals surface area (Å²) in [5.41, 5.74) is 1.95. The largest absolute Gasteiger partial charge is 0.390 e. The van der Waals surface area contributed by atoms with Gasteiger partial charge in [-0.15, -0.1) is 0 Å². The van der Waals surface area contributed by atoms with Crippen LogP contribution in [0.4, 0.5) is 5.82 Å². The van der Waals surface area contributed by atoms with Crippen molar-refractivity contribution in [1.29, 1.82) is 0 Å². The van der Waals surface area contributed by atoms with Gasteiger partial charge in [0.05, 0.1) is 11.2 Å². The Kier molecular flexibility index (Phi) is 7.54. The van der Waals surface area contributed by atoms with Gasteiger partial charge in [-0.2, -0.15) is 0 Å². The van der Waals surface area contributed by atoms with Crippen LogP contribution in [0.2, 0.25) is 0 Å². The number of hydrogen-bond donors (Lipinski definition) is 2. The van der Waals surface area contributed by atoms with E-state index in [9.17, 15) is 9.90 Å². The van der Waals surface area contributed by atoms with E-state index in [1.54, 1.807) is 6.20 Å². The smallest absolute Gasteiger partial charge is 0.253 e. The molecule has 1 heterocycles. The number of aliphatic hydroxyl groups is 1. The molecule has 1 amide bonds. The number of nitrogens with zero attached hydrogens (tertiary/aromatic N) is 2. The lowest BCUT2D eigenvalue weighted by molar-refractivity contribution is -0.00257. The zero-order valence-corrected chi connectivity index (χ0v) is 17.5. The molecule has 0 atom stereocenters. The maximum absolute atomic E-state index is 12.6. The molecule has 1 aromatic rings. The molecule has 1 aromatic heterocycles. The molecule has 5 nitrogen and oxygen atoms in total. The second kappa shape index (κ2) is 9.45. The van der Waals surface area contributed by atoms with Gasteiger partial charge in [0.15, 0.2) is 5.82 Å². The third-order valence-electron chi connectivity index (χ3n) is 5.56. The van der Waals surface area contributed by atoms with E-state index in [-0.39, 0.29) is 11.9 Å². The average Bonchev–Trinajstić information content (AvgIpc) is 2.61. The van der Waals surface area contributed by atoms with Gasteiger partial charge in [0.1, 0.15) is 0 Å². The summed E-state index contributed by atoms with van der Waals surface area (Å²) in [6.45, 7) is 9.89. The number of hydrogen-bond acceptors (Lipinski definition) is 4. The summed E-state index contributed by atoms with van der Waals surface area (Å²) < 4.78 is 0. The topological polar surface area (TPSA) is 74.6 Å². The van der Waals surface area contributed by atoms with E-state index in [1.807, 2.05) is 33.8 Å². The maximum Gasteiger partial charge on any atom is 0.253 e. The first-order chi connectivity index (χ1) is 12.7. The van der Waals surface area contributed by atoms with E-state index >= 15 is 0 Å². The molecular weight excluding hydrogens is 338 g/mol. The number of carbonyl (C=O) groups excluding carboxylic acids is 1. The lowest BCUT2D eigenvalue weighted by atomic mass is 9.77. The van der Waals surface area contributed by atoms with Gasteiger partial charge in [0.25, 0.3) is 5.91 Å². The van der Waals surface area contributed by atoms with Gasteiger partial charge in [-0.25, -0.2) is 9.98 Å². The predicted molar refractivity (Wildman–Crippen MR) is 111 cm³/mol. The molecule has 0 unspecified atom stereocenters. The first-order valence-electron chi connectivity index (χ1n) is 10.2. The van der Waals surface area contributed by atoms with Crippen LogP contribution in [0, 0.1) is 12.8 Å². The predicted octanol–water partition coefficient (Wildman–Crippen LogP) is 4.73. The van der Waals surface area contributed by atoms with Gasteiger partial charge in [0, 0.05) is 18.0 Å². The van der Waals surface area contributed by atoms with E-state index in [1.165, 1.54) is 0 Å². The molecule has 5 heteroatoms. The number of pyridine rings is 1. The third kappa shape index (κ3) is 6.42. The number of rotatable bonds is 7. The van der Waals surface area contributed by atoms with Crippen molar-refractivity contribution in [3.63, 3.8) is 0 Å².